The Kier molecular flexibility index (Phi) is 3.36. The molecule has 2 aromatic rings. The lowest BCUT2D eigenvalue weighted by atomic mass is 10.0. The van der Waals surface area contributed by atoms with Crippen LogP contribution < -0.4 is 5.73 Å². The minimum atomic E-state index is -3.20. The van der Waals surface area contributed by atoms with Crippen molar-refractivity contribution in [2.24, 2.45) is 0 Å². The fraction of sp³-hybridized carbons (Fsp3) is 0.308. The van der Waals surface area contributed by atoms with Crippen molar-refractivity contribution in [3.8, 4) is 11.1 Å². The summed E-state index contributed by atoms with van der Waals surface area (Å²) in [5.41, 5.74) is 9.42. The van der Waals surface area contributed by atoms with Crippen LogP contribution in [0.15, 0.2) is 22.7 Å². The van der Waals surface area contributed by atoms with Crippen LogP contribution in [0.25, 0.3) is 11.1 Å². The summed E-state index contributed by atoms with van der Waals surface area (Å²) in [6.45, 7) is 3.99. The Balaban J connectivity index is 2.55. The molecule has 19 heavy (non-hydrogen) atoms. The molecule has 0 aliphatic rings. The first-order valence-electron chi connectivity index (χ1n) is 5.77. The first-order chi connectivity index (χ1) is 8.78. The number of nitrogens with zero attached hydrogens (tertiary/aromatic N) is 1. The van der Waals surface area contributed by atoms with Crippen molar-refractivity contribution in [2.45, 2.75) is 19.6 Å². The lowest BCUT2D eigenvalue weighted by Crippen LogP contribution is -2.01. The second-order valence-corrected chi connectivity index (χ2v) is 6.88. The third-order valence-electron chi connectivity index (χ3n) is 2.98. The number of anilines is 1. The molecule has 102 valence electrons. The molecule has 0 spiro atoms. The number of rotatable bonds is 3. The molecule has 5 nitrogen and oxygen atoms in total. The monoisotopic (exact) mass is 280 g/mol. The van der Waals surface area contributed by atoms with Gasteiger partial charge in [0.05, 0.1) is 5.56 Å². The predicted molar refractivity (Wildman–Crippen MR) is 74.4 cm³/mol. The van der Waals surface area contributed by atoms with Gasteiger partial charge in [-0.15, -0.1) is 0 Å². The maximum atomic E-state index is 11.4. The predicted octanol–water partition coefficient (Wildman–Crippen LogP) is 2.09. The highest BCUT2D eigenvalue weighted by Crippen LogP contribution is 2.31. The van der Waals surface area contributed by atoms with E-state index in [4.69, 9.17) is 10.3 Å². The number of benzene rings is 1. The molecule has 0 radical (unpaired) electrons. The molecular weight excluding hydrogens is 264 g/mol. The number of aryl methyl sites for hydroxylation is 2. The second-order valence-electron chi connectivity index (χ2n) is 4.74. The van der Waals surface area contributed by atoms with Gasteiger partial charge in [0, 0.05) is 6.26 Å². The van der Waals surface area contributed by atoms with Crippen molar-refractivity contribution < 1.29 is 12.9 Å². The number of nitrogen functional groups attached to an aromatic ring is 1. The molecule has 1 aromatic heterocycles. The van der Waals surface area contributed by atoms with E-state index in [9.17, 15) is 8.42 Å². The van der Waals surface area contributed by atoms with Gasteiger partial charge in [0.15, 0.2) is 21.4 Å². The van der Waals surface area contributed by atoms with Crippen molar-refractivity contribution in [3.63, 3.8) is 0 Å². The zero-order valence-electron chi connectivity index (χ0n) is 11.1. The molecule has 1 aromatic carbocycles. The zero-order chi connectivity index (χ0) is 14.2. The number of hydrogen-bond acceptors (Lipinski definition) is 5. The summed E-state index contributed by atoms with van der Waals surface area (Å²) in [7, 11) is -3.20. The first-order valence-corrected chi connectivity index (χ1v) is 7.83. The van der Waals surface area contributed by atoms with Gasteiger partial charge in [-0.05, 0) is 30.5 Å². The van der Waals surface area contributed by atoms with Gasteiger partial charge >= 0.3 is 0 Å². The number of hydrogen-bond donors (Lipinski definition) is 1. The van der Waals surface area contributed by atoms with Crippen molar-refractivity contribution in [1.29, 1.82) is 0 Å². The quantitative estimate of drug-likeness (QED) is 0.930. The van der Waals surface area contributed by atoms with Gasteiger partial charge in [-0.25, -0.2) is 8.42 Å². The summed E-state index contributed by atoms with van der Waals surface area (Å²) in [5, 5.41) is 3.67. The summed E-state index contributed by atoms with van der Waals surface area (Å²) in [4.78, 5) is 0. The van der Waals surface area contributed by atoms with Gasteiger partial charge in [0.25, 0.3) is 0 Å². The lowest BCUT2D eigenvalue weighted by Gasteiger charge is -2.05. The van der Waals surface area contributed by atoms with E-state index >= 15 is 0 Å². The van der Waals surface area contributed by atoms with Crippen molar-refractivity contribution in [2.75, 3.05) is 12.0 Å². The van der Waals surface area contributed by atoms with Crippen LogP contribution in [-0.4, -0.2) is 19.8 Å². The molecule has 0 aliphatic heterocycles. The molecule has 0 saturated heterocycles. The Morgan fingerprint density at radius 1 is 1.26 bits per heavy atom. The SMILES string of the molecule is Cc1ccc(-c2c(N)noc2CS(C)(=O)=O)cc1C. The average Bonchev–Trinajstić information content (AvgIpc) is 2.62. The molecular formula is C13H16N2O3S. The van der Waals surface area contributed by atoms with E-state index in [1.165, 1.54) is 0 Å². The van der Waals surface area contributed by atoms with Gasteiger partial charge in [-0.2, -0.15) is 0 Å². The van der Waals surface area contributed by atoms with Crippen molar-refractivity contribution in [3.05, 3.63) is 35.1 Å². The van der Waals surface area contributed by atoms with Crippen LogP contribution in [-0.2, 0) is 15.6 Å². The Labute approximate surface area is 112 Å². The normalized spacial score (nSPS) is 11.7. The topological polar surface area (TPSA) is 86.2 Å². The van der Waals surface area contributed by atoms with Crippen LogP contribution in [0.2, 0.25) is 0 Å². The van der Waals surface area contributed by atoms with E-state index in [1.807, 2.05) is 32.0 Å². The van der Waals surface area contributed by atoms with E-state index < -0.39 is 9.84 Å². The van der Waals surface area contributed by atoms with Crippen LogP contribution in [0.4, 0.5) is 5.82 Å². The summed E-state index contributed by atoms with van der Waals surface area (Å²) >= 11 is 0. The maximum absolute atomic E-state index is 11.4. The molecule has 0 amide bonds. The minimum Gasteiger partial charge on any atom is -0.380 e. The third-order valence-corrected chi connectivity index (χ3v) is 3.76. The van der Waals surface area contributed by atoms with E-state index in [0.717, 1.165) is 22.9 Å². The fourth-order valence-electron chi connectivity index (χ4n) is 1.88. The third kappa shape index (κ3) is 2.96. The smallest absolute Gasteiger partial charge is 0.175 e. The summed E-state index contributed by atoms with van der Waals surface area (Å²) < 4.78 is 27.8. The molecule has 2 rings (SSSR count). The van der Waals surface area contributed by atoms with Crippen LogP contribution in [0.1, 0.15) is 16.9 Å². The lowest BCUT2D eigenvalue weighted by molar-refractivity contribution is 0.396. The van der Waals surface area contributed by atoms with Gasteiger partial charge < -0.3 is 10.3 Å². The van der Waals surface area contributed by atoms with E-state index in [0.29, 0.717) is 5.56 Å². The first kappa shape index (κ1) is 13.6. The molecule has 0 atom stereocenters. The van der Waals surface area contributed by atoms with Crippen LogP contribution in [0.5, 0.6) is 0 Å². The molecule has 0 aliphatic carbocycles. The van der Waals surface area contributed by atoms with Gasteiger partial charge in [-0.1, -0.05) is 23.4 Å². The second kappa shape index (κ2) is 4.70. The van der Waals surface area contributed by atoms with E-state index in [1.54, 1.807) is 0 Å². The standard InChI is InChI=1S/C13H16N2O3S/c1-8-4-5-10(6-9(8)2)12-11(7-19(3,16)17)18-15-13(12)14/h4-6H,7H2,1-3H3,(H2,14,15). The largest absolute Gasteiger partial charge is 0.380 e. The molecule has 2 N–H and O–H groups in total. The molecule has 0 unspecified atom stereocenters. The molecule has 0 fully saturated rings. The molecule has 0 saturated carbocycles. The minimum absolute atomic E-state index is 0.209. The average molecular weight is 280 g/mol. The number of sulfone groups is 1. The van der Waals surface area contributed by atoms with Crippen LogP contribution in [0.3, 0.4) is 0 Å². The van der Waals surface area contributed by atoms with Gasteiger partial charge in [-0.3, -0.25) is 0 Å². The van der Waals surface area contributed by atoms with Crippen molar-refractivity contribution in [1.82, 2.24) is 5.16 Å². The number of nitrogens with two attached hydrogens (primary N) is 1. The fourth-order valence-corrected chi connectivity index (χ4v) is 2.55. The number of aromatic nitrogens is 1. The van der Waals surface area contributed by atoms with Crippen molar-refractivity contribution >= 4 is 15.7 Å². The summed E-state index contributed by atoms with van der Waals surface area (Å²) in [6, 6.07) is 5.79. The Hall–Kier alpha value is -1.82. The van der Waals surface area contributed by atoms with Crippen LogP contribution in [0, 0.1) is 13.8 Å². The van der Waals surface area contributed by atoms with Gasteiger partial charge in [0.1, 0.15) is 5.75 Å². The molecule has 6 heteroatoms. The molecule has 0 bridgehead atoms. The highest BCUT2D eigenvalue weighted by atomic mass is 32.2. The Morgan fingerprint density at radius 3 is 2.53 bits per heavy atom. The highest BCUT2D eigenvalue weighted by Gasteiger charge is 2.19. The summed E-state index contributed by atoms with van der Waals surface area (Å²) in [5.74, 6) is 0.282. The van der Waals surface area contributed by atoms with E-state index in [2.05, 4.69) is 5.16 Å². The van der Waals surface area contributed by atoms with E-state index in [-0.39, 0.29) is 17.3 Å². The van der Waals surface area contributed by atoms with Crippen LogP contribution >= 0.6 is 0 Å². The zero-order valence-corrected chi connectivity index (χ0v) is 11.9. The maximum Gasteiger partial charge on any atom is 0.175 e. The Bertz CT molecular complexity index is 717. The van der Waals surface area contributed by atoms with Gasteiger partial charge in [0.2, 0.25) is 0 Å². The summed E-state index contributed by atoms with van der Waals surface area (Å²) in [6.07, 6.45) is 1.15. The Morgan fingerprint density at radius 2 is 1.95 bits per heavy atom. The molecule has 1 heterocycles. The highest BCUT2D eigenvalue weighted by molar-refractivity contribution is 7.89.